The lowest BCUT2D eigenvalue weighted by Crippen LogP contribution is -2.43. The standard InChI is InChI=1S/C40H37N5O4S/c1-5-43(6-2)39(48)35-25(3)41-40-45(37(35)36-30-18-11-10-14-26(30)20-21-32(36)49-4)38(47)33(50-40)22-27-23-44(31-19-13-12-17-29(27)31)24-34(46)42-28-15-8-7-9-16-28/h7-23,37H,5-6,24H2,1-4H3,(H,42,46)/b33-22+/t37-/m0/s1. The van der Waals surface area contributed by atoms with Crippen LogP contribution in [0, 0.1) is 0 Å². The maximum absolute atomic E-state index is 14.7. The molecular formula is C40H37N5O4S. The van der Waals surface area contributed by atoms with Gasteiger partial charge >= 0.3 is 0 Å². The minimum Gasteiger partial charge on any atom is -0.496 e. The van der Waals surface area contributed by atoms with Crippen molar-refractivity contribution >= 4 is 56.6 Å². The maximum Gasteiger partial charge on any atom is 0.271 e. The van der Waals surface area contributed by atoms with Gasteiger partial charge in [-0.05, 0) is 61.9 Å². The second kappa shape index (κ2) is 13.6. The molecule has 1 aliphatic heterocycles. The average molecular weight is 684 g/mol. The molecular weight excluding hydrogens is 647 g/mol. The zero-order valence-corrected chi connectivity index (χ0v) is 29.2. The first-order valence-electron chi connectivity index (χ1n) is 16.6. The molecule has 3 heterocycles. The number of allylic oxidation sites excluding steroid dienone is 1. The summed E-state index contributed by atoms with van der Waals surface area (Å²) in [6.45, 7) is 6.87. The van der Waals surface area contributed by atoms with Gasteiger partial charge in [0.05, 0.1) is 22.9 Å². The molecule has 2 amide bonds. The number of hydrogen-bond donors (Lipinski definition) is 1. The predicted molar refractivity (Wildman–Crippen MR) is 199 cm³/mol. The number of nitrogens with zero attached hydrogens (tertiary/aromatic N) is 4. The summed E-state index contributed by atoms with van der Waals surface area (Å²) in [5, 5.41) is 5.72. The Balaban J connectivity index is 1.40. The van der Waals surface area contributed by atoms with Gasteiger partial charge in [0, 0.05) is 47.0 Å². The third-order valence-corrected chi connectivity index (χ3v) is 10.2. The van der Waals surface area contributed by atoms with Gasteiger partial charge in [-0.1, -0.05) is 78.1 Å². The smallest absolute Gasteiger partial charge is 0.271 e. The van der Waals surface area contributed by atoms with E-state index in [-0.39, 0.29) is 23.9 Å². The highest BCUT2D eigenvalue weighted by Crippen LogP contribution is 2.40. The number of para-hydroxylation sites is 2. The minimum absolute atomic E-state index is 0.0986. The molecule has 7 rings (SSSR count). The number of methoxy groups -OCH3 is 1. The van der Waals surface area contributed by atoms with Crippen LogP contribution in [0.1, 0.15) is 37.9 Å². The van der Waals surface area contributed by atoms with Gasteiger partial charge in [-0.3, -0.25) is 19.0 Å². The maximum atomic E-state index is 14.7. The van der Waals surface area contributed by atoms with Crippen molar-refractivity contribution in [2.75, 3.05) is 25.5 Å². The van der Waals surface area contributed by atoms with Gasteiger partial charge in [0.2, 0.25) is 5.91 Å². The number of carbonyl (C=O) groups is 2. The number of ether oxygens (including phenoxy) is 1. The van der Waals surface area contributed by atoms with Crippen LogP contribution in [0.25, 0.3) is 27.8 Å². The summed E-state index contributed by atoms with van der Waals surface area (Å²) >= 11 is 1.28. The molecule has 9 nitrogen and oxygen atoms in total. The molecule has 2 aromatic heterocycles. The number of benzene rings is 4. The summed E-state index contributed by atoms with van der Waals surface area (Å²) in [5.41, 5.74) is 3.89. The molecule has 0 bridgehead atoms. The van der Waals surface area contributed by atoms with Crippen LogP contribution in [0.5, 0.6) is 5.75 Å². The monoisotopic (exact) mass is 683 g/mol. The number of carbonyl (C=O) groups excluding carboxylic acids is 2. The van der Waals surface area contributed by atoms with Crippen LogP contribution in [-0.4, -0.2) is 46.0 Å². The van der Waals surface area contributed by atoms with E-state index in [0.717, 1.165) is 38.5 Å². The second-order valence-electron chi connectivity index (χ2n) is 12.1. The molecule has 10 heteroatoms. The highest BCUT2D eigenvalue weighted by Gasteiger charge is 2.36. The van der Waals surface area contributed by atoms with E-state index in [0.29, 0.717) is 39.4 Å². The van der Waals surface area contributed by atoms with E-state index in [9.17, 15) is 14.4 Å². The van der Waals surface area contributed by atoms with Crippen LogP contribution in [0.2, 0.25) is 0 Å². The molecule has 0 radical (unpaired) electrons. The number of thiazole rings is 1. The van der Waals surface area contributed by atoms with Crippen LogP contribution in [0.4, 0.5) is 5.69 Å². The lowest BCUT2D eigenvalue weighted by Gasteiger charge is -2.30. The van der Waals surface area contributed by atoms with Gasteiger partial charge in [0.15, 0.2) is 4.80 Å². The Hall–Kier alpha value is -5.74. The molecule has 0 spiro atoms. The van der Waals surface area contributed by atoms with Crippen molar-refractivity contribution in [3.63, 3.8) is 0 Å². The third-order valence-electron chi connectivity index (χ3n) is 9.20. The Morgan fingerprint density at radius 3 is 2.38 bits per heavy atom. The molecule has 50 heavy (non-hydrogen) atoms. The normalized spacial score (nSPS) is 14.5. The molecule has 252 valence electrons. The van der Waals surface area contributed by atoms with Gasteiger partial charge in [0.25, 0.3) is 11.5 Å². The lowest BCUT2D eigenvalue weighted by atomic mass is 9.90. The molecule has 0 aliphatic carbocycles. The Bertz CT molecular complexity index is 2490. The summed E-state index contributed by atoms with van der Waals surface area (Å²) in [5.74, 6) is 0.259. The van der Waals surface area contributed by atoms with Crippen molar-refractivity contribution in [3.05, 3.63) is 139 Å². The number of rotatable bonds is 9. The van der Waals surface area contributed by atoms with E-state index in [1.54, 1.807) is 16.6 Å². The zero-order valence-electron chi connectivity index (χ0n) is 28.3. The summed E-state index contributed by atoms with van der Waals surface area (Å²) in [6, 6.07) is 28.2. The summed E-state index contributed by atoms with van der Waals surface area (Å²) in [6.07, 6.45) is 3.76. The Kier molecular flexibility index (Phi) is 8.95. The van der Waals surface area contributed by atoms with Gasteiger partial charge in [-0.15, -0.1) is 0 Å². The predicted octanol–water partition coefficient (Wildman–Crippen LogP) is 5.86. The average Bonchev–Trinajstić information content (AvgIpc) is 3.63. The van der Waals surface area contributed by atoms with Crippen LogP contribution in [0.15, 0.2) is 118 Å². The van der Waals surface area contributed by atoms with Crippen LogP contribution in [0.3, 0.4) is 0 Å². The van der Waals surface area contributed by atoms with Crippen molar-refractivity contribution in [1.82, 2.24) is 14.0 Å². The second-order valence-corrected chi connectivity index (χ2v) is 13.1. The number of aromatic nitrogens is 2. The first kappa shape index (κ1) is 32.8. The van der Waals surface area contributed by atoms with E-state index in [4.69, 9.17) is 9.73 Å². The van der Waals surface area contributed by atoms with Crippen LogP contribution < -0.4 is 24.9 Å². The van der Waals surface area contributed by atoms with E-state index >= 15 is 0 Å². The number of likely N-dealkylation sites (N-methyl/N-ethyl adjacent to an activating group) is 1. The summed E-state index contributed by atoms with van der Waals surface area (Å²) in [4.78, 5) is 49.1. The fourth-order valence-corrected chi connectivity index (χ4v) is 7.86. The highest BCUT2D eigenvalue weighted by atomic mass is 32.1. The minimum atomic E-state index is -0.773. The molecule has 1 atom stereocenters. The van der Waals surface area contributed by atoms with Crippen molar-refractivity contribution in [2.45, 2.75) is 33.4 Å². The molecule has 0 fully saturated rings. The highest BCUT2D eigenvalue weighted by molar-refractivity contribution is 7.07. The largest absolute Gasteiger partial charge is 0.496 e. The number of nitrogens with one attached hydrogen (secondary N) is 1. The SMILES string of the molecule is CCN(CC)C(=O)C1=C(C)N=c2s/c(=C/c3cn(CC(=O)Nc4ccccc4)c4ccccc34)c(=O)n2[C@@H]1c1c(OC)ccc2ccccc12. The van der Waals surface area contributed by atoms with Crippen molar-refractivity contribution < 1.29 is 14.3 Å². The Morgan fingerprint density at radius 2 is 1.64 bits per heavy atom. The van der Waals surface area contributed by atoms with Crippen molar-refractivity contribution in [1.29, 1.82) is 0 Å². The van der Waals surface area contributed by atoms with Gasteiger partial charge < -0.3 is 19.5 Å². The Labute approximate surface area is 293 Å². The van der Waals surface area contributed by atoms with Crippen molar-refractivity contribution in [3.8, 4) is 5.75 Å². The molecule has 6 aromatic rings. The van der Waals surface area contributed by atoms with Crippen molar-refractivity contribution in [2.24, 2.45) is 4.99 Å². The number of amides is 2. The summed E-state index contributed by atoms with van der Waals surface area (Å²) < 4.78 is 9.94. The zero-order chi connectivity index (χ0) is 34.9. The molecule has 0 saturated carbocycles. The number of anilines is 1. The third kappa shape index (κ3) is 5.81. The van der Waals surface area contributed by atoms with E-state index in [2.05, 4.69) is 5.32 Å². The first-order chi connectivity index (χ1) is 24.3. The lowest BCUT2D eigenvalue weighted by molar-refractivity contribution is -0.127. The number of fused-ring (bicyclic) bond motifs is 3. The quantitative estimate of drug-likeness (QED) is 0.207. The van der Waals surface area contributed by atoms with E-state index in [1.165, 1.54) is 11.3 Å². The van der Waals surface area contributed by atoms with E-state index < -0.39 is 6.04 Å². The van der Waals surface area contributed by atoms with Gasteiger partial charge in [0.1, 0.15) is 18.3 Å². The number of hydrogen-bond acceptors (Lipinski definition) is 6. The molecule has 1 N–H and O–H groups in total. The molecule has 0 saturated heterocycles. The van der Waals surface area contributed by atoms with E-state index in [1.807, 2.05) is 129 Å². The molecule has 0 unspecified atom stereocenters. The Morgan fingerprint density at radius 1 is 0.940 bits per heavy atom. The topological polar surface area (TPSA) is 97.9 Å². The van der Waals surface area contributed by atoms with Gasteiger partial charge in [-0.2, -0.15) is 0 Å². The fraction of sp³-hybridized carbons (Fsp3) is 0.200. The molecule has 4 aromatic carbocycles. The van der Waals surface area contributed by atoms with Gasteiger partial charge in [-0.25, -0.2) is 4.99 Å². The summed E-state index contributed by atoms with van der Waals surface area (Å²) in [7, 11) is 1.61. The first-order valence-corrected chi connectivity index (χ1v) is 17.4. The fourth-order valence-electron chi connectivity index (χ4n) is 6.82. The molecule has 1 aliphatic rings. The van der Waals surface area contributed by atoms with Crippen LogP contribution in [-0.2, 0) is 16.1 Å². The van der Waals surface area contributed by atoms with Crippen LogP contribution >= 0.6 is 11.3 Å².